The van der Waals surface area contributed by atoms with Crippen LogP contribution >= 0.6 is 15.9 Å². The van der Waals surface area contributed by atoms with Crippen LogP contribution < -0.4 is 0 Å². The van der Waals surface area contributed by atoms with Gasteiger partial charge in [0.1, 0.15) is 11.4 Å². The van der Waals surface area contributed by atoms with E-state index in [9.17, 15) is 19.1 Å². The lowest BCUT2D eigenvalue weighted by molar-refractivity contribution is -0.148. The van der Waals surface area contributed by atoms with Gasteiger partial charge >= 0.3 is 5.97 Å². The van der Waals surface area contributed by atoms with Crippen molar-refractivity contribution < 1.29 is 19.1 Å². The highest BCUT2D eigenvalue weighted by atomic mass is 79.9. The standard InChI is InChI=1S/C14H15BrFNO3/c1-2-14(13(19)20)6-3-7-17(14)12(18)10-5-4-9(16)8-11(10)15/h4-5,8H,2-3,6-7H2,1H3,(H,19,20). The molecule has 1 aromatic carbocycles. The fourth-order valence-electron chi connectivity index (χ4n) is 2.72. The number of aliphatic carboxylic acids is 1. The van der Waals surface area contributed by atoms with Crippen molar-refractivity contribution in [1.82, 2.24) is 4.90 Å². The van der Waals surface area contributed by atoms with E-state index < -0.39 is 17.3 Å². The Hall–Kier alpha value is -1.43. The van der Waals surface area contributed by atoms with E-state index in [1.807, 2.05) is 0 Å². The molecule has 0 saturated carbocycles. The molecular weight excluding hydrogens is 329 g/mol. The van der Waals surface area contributed by atoms with E-state index >= 15 is 0 Å². The molecule has 1 saturated heterocycles. The third-order valence-electron chi connectivity index (χ3n) is 3.88. The van der Waals surface area contributed by atoms with Crippen molar-refractivity contribution in [3.63, 3.8) is 0 Å². The Labute approximate surface area is 124 Å². The molecule has 20 heavy (non-hydrogen) atoms. The first-order valence-corrected chi connectivity index (χ1v) is 7.22. The molecule has 1 aliphatic heterocycles. The minimum absolute atomic E-state index is 0.285. The molecule has 1 unspecified atom stereocenters. The summed E-state index contributed by atoms with van der Waals surface area (Å²) in [5.41, 5.74) is -0.863. The van der Waals surface area contributed by atoms with E-state index in [-0.39, 0.29) is 11.5 Å². The van der Waals surface area contributed by atoms with Gasteiger partial charge < -0.3 is 10.0 Å². The maximum absolute atomic E-state index is 13.1. The van der Waals surface area contributed by atoms with Crippen molar-refractivity contribution in [2.75, 3.05) is 6.54 Å². The van der Waals surface area contributed by atoms with Gasteiger partial charge in [-0.05, 0) is 53.4 Å². The SMILES string of the molecule is CCC1(C(=O)O)CCCN1C(=O)c1ccc(F)cc1Br. The van der Waals surface area contributed by atoms with E-state index in [0.29, 0.717) is 30.3 Å². The molecule has 0 spiro atoms. The zero-order chi connectivity index (χ0) is 14.9. The summed E-state index contributed by atoms with van der Waals surface area (Å²) in [6.45, 7) is 2.17. The average Bonchev–Trinajstić information content (AvgIpc) is 2.83. The Bertz CT molecular complexity index is 563. The van der Waals surface area contributed by atoms with Crippen LogP contribution in [0.25, 0.3) is 0 Å². The summed E-state index contributed by atoms with van der Waals surface area (Å²) in [6.07, 6.45) is 1.46. The molecule has 1 amide bonds. The Morgan fingerprint density at radius 2 is 2.20 bits per heavy atom. The van der Waals surface area contributed by atoms with E-state index in [2.05, 4.69) is 15.9 Å². The first-order valence-electron chi connectivity index (χ1n) is 6.43. The zero-order valence-corrected chi connectivity index (χ0v) is 12.6. The normalized spacial score (nSPS) is 22.1. The number of likely N-dealkylation sites (tertiary alicyclic amines) is 1. The Balaban J connectivity index is 2.39. The van der Waals surface area contributed by atoms with Crippen LogP contribution in [0, 0.1) is 5.82 Å². The van der Waals surface area contributed by atoms with Gasteiger partial charge in [0.15, 0.2) is 0 Å². The van der Waals surface area contributed by atoms with Gasteiger partial charge in [0.25, 0.3) is 5.91 Å². The quantitative estimate of drug-likeness (QED) is 0.917. The lowest BCUT2D eigenvalue weighted by atomic mass is 9.92. The van der Waals surface area contributed by atoms with Crippen LogP contribution in [0.15, 0.2) is 22.7 Å². The highest BCUT2D eigenvalue weighted by Gasteiger charge is 2.48. The molecule has 1 atom stereocenters. The first-order chi connectivity index (χ1) is 9.42. The monoisotopic (exact) mass is 343 g/mol. The first kappa shape index (κ1) is 15.0. The van der Waals surface area contributed by atoms with E-state index in [4.69, 9.17) is 0 Å². The number of nitrogens with zero attached hydrogens (tertiary/aromatic N) is 1. The lowest BCUT2D eigenvalue weighted by Crippen LogP contribution is -2.52. The van der Waals surface area contributed by atoms with E-state index in [0.717, 1.165) is 0 Å². The second-order valence-electron chi connectivity index (χ2n) is 4.87. The predicted octanol–water partition coefficient (Wildman–Crippen LogP) is 3.06. The molecule has 0 aliphatic carbocycles. The molecule has 0 bridgehead atoms. The van der Waals surface area contributed by atoms with Crippen molar-refractivity contribution in [2.24, 2.45) is 0 Å². The van der Waals surface area contributed by atoms with Crippen LogP contribution in [0.5, 0.6) is 0 Å². The third-order valence-corrected chi connectivity index (χ3v) is 4.53. The minimum atomic E-state index is -1.15. The maximum atomic E-state index is 13.1. The van der Waals surface area contributed by atoms with Gasteiger partial charge in [-0.2, -0.15) is 0 Å². The van der Waals surface area contributed by atoms with Crippen LogP contribution in [0.3, 0.4) is 0 Å². The molecule has 6 heteroatoms. The topological polar surface area (TPSA) is 57.6 Å². The average molecular weight is 344 g/mol. The summed E-state index contributed by atoms with van der Waals surface area (Å²) in [7, 11) is 0. The molecule has 4 nitrogen and oxygen atoms in total. The number of carbonyl (C=O) groups is 2. The molecule has 108 valence electrons. The maximum Gasteiger partial charge on any atom is 0.329 e. The molecular formula is C14H15BrFNO3. The van der Waals surface area contributed by atoms with Gasteiger partial charge in [0, 0.05) is 11.0 Å². The number of halogens is 2. The summed E-state index contributed by atoms with van der Waals surface area (Å²) >= 11 is 3.16. The third kappa shape index (κ3) is 2.32. The van der Waals surface area contributed by atoms with Crippen molar-refractivity contribution in [3.05, 3.63) is 34.1 Å². The summed E-state index contributed by atoms with van der Waals surface area (Å²) in [5, 5.41) is 9.48. The Morgan fingerprint density at radius 1 is 1.50 bits per heavy atom. The van der Waals surface area contributed by atoms with Gasteiger partial charge in [0.05, 0.1) is 5.56 Å². The number of carboxylic acids is 1. The smallest absolute Gasteiger partial charge is 0.329 e. The van der Waals surface area contributed by atoms with Crippen LogP contribution in [0.2, 0.25) is 0 Å². The lowest BCUT2D eigenvalue weighted by Gasteiger charge is -2.34. The summed E-state index contributed by atoms with van der Waals surface area (Å²) in [6, 6.07) is 3.78. The van der Waals surface area contributed by atoms with Gasteiger partial charge in [-0.15, -0.1) is 0 Å². The van der Waals surface area contributed by atoms with E-state index in [1.165, 1.54) is 23.1 Å². The van der Waals surface area contributed by atoms with Gasteiger partial charge in [-0.3, -0.25) is 4.79 Å². The summed E-state index contributed by atoms with van der Waals surface area (Å²) in [4.78, 5) is 25.5. The molecule has 2 rings (SSSR count). The fourth-order valence-corrected chi connectivity index (χ4v) is 3.24. The second kappa shape index (κ2) is 5.52. The number of hydrogen-bond donors (Lipinski definition) is 1. The zero-order valence-electron chi connectivity index (χ0n) is 11.0. The van der Waals surface area contributed by atoms with Crippen LogP contribution in [-0.2, 0) is 4.79 Å². The van der Waals surface area contributed by atoms with Crippen molar-refractivity contribution in [3.8, 4) is 0 Å². The largest absolute Gasteiger partial charge is 0.479 e. The number of rotatable bonds is 3. The molecule has 0 radical (unpaired) electrons. The van der Waals surface area contributed by atoms with E-state index in [1.54, 1.807) is 6.92 Å². The fraction of sp³-hybridized carbons (Fsp3) is 0.429. The molecule has 1 aromatic rings. The summed E-state index contributed by atoms with van der Waals surface area (Å²) < 4.78 is 13.4. The number of amides is 1. The molecule has 1 N–H and O–H groups in total. The second-order valence-corrected chi connectivity index (χ2v) is 5.73. The Morgan fingerprint density at radius 3 is 2.75 bits per heavy atom. The molecule has 1 fully saturated rings. The number of carbonyl (C=O) groups excluding carboxylic acids is 1. The van der Waals surface area contributed by atoms with Crippen molar-refractivity contribution in [1.29, 1.82) is 0 Å². The number of hydrogen-bond acceptors (Lipinski definition) is 2. The predicted molar refractivity (Wildman–Crippen MR) is 75.0 cm³/mol. The van der Waals surface area contributed by atoms with Gasteiger partial charge in [-0.1, -0.05) is 6.92 Å². The number of carboxylic acid groups (broad SMARTS) is 1. The van der Waals surface area contributed by atoms with Crippen LogP contribution in [0.1, 0.15) is 36.5 Å². The molecule has 0 aromatic heterocycles. The summed E-state index contributed by atoms with van der Waals surface area (Å²) in [5.74, 6) is -1.81. The van der Waals surface area contributed by atoms with Crippen molar-refractivity contribution in [2.45, 2.75) is 31.7 Å². The highest BCUT2D eigenvalue weighted by Crippen LogP contribution is 2.35. The number of benzene rings is 1. The Kier molecular flexibility index (Phi) is 4.13. The highest BCUT2D eigenvalue weighted by molar-refractivity contribution is 9.10. The minimum Gasteiger partial charge on any atom is -0.479 e. The van der Waals surface area contributed by atoms with Crippen LogP contribution in [0.4, 0.5) is 4.39 Å². The molecule has 1 heterocycles. The van der Waals surface area contributed by atoms with Crippen molar-refractivity contribution >= 4 is 27.8 Å². The van der Waals surface area contributed by atoms with Gasteiger partial charge in [-0.25, -0.2) is 9.18 Å². The van der Waals surface area contributed by atoms with Crippen LogP contribution in [-0.4, -0.2) is 34.0 Å². The molecule has 1 aliphatic rings. The van der Waals surface area contributed by atoms with Gasteiger partial charge in [0.2, 0.25) is 0 Å².